The fourth-order valence-electron chi connectivity index (χ4n) is 4.06. The predicted molar refractivity (Wildman–Crippen MR) is 91.0 cm³/mol. The number of anilines is 1. The maximum absolute atomic E-state index is 3.83. The van der Waals surface area contributed by atoms with Gasteiger partial charge < -0.3 is 10.2 Å². The van der Waals surface area contributed by atoms with Crippen molar-refractivity contribution in [1.82, 2.24) is 5.32 Å². The van der Waals surface area contributed by atoms with E-state index in [9.17, 15) is 0 Å². The number of nitrogens with zero attached hydrogens (tertiary/aromatic N) is 1. The van der Waals surface area contributed by atoms with Crippen LogP contribution >= 0.6 is 0 Å². The first kappa shape index (κ1) is 14.9. The first-order valence-corrected chi connectivity index (χ1v) is 8.73. The smallest absolute Gasteiger partial charge is 0.0399 e. The van der Waals surface area contributed by atoms with Crippen molar-refractivity contribution in [2.75, 3.05) is 24.5 Å². The second-order valence-corrected chi connectivity index (χ2v) is 7.46. The molecule has 0 bridgehead atoms. The summed E-state index contributed by atoms with van der Waals surface area (Å²) in [4.78, 5) is 2.56. The van der Waals surface area contributed by atoms with Gasteiger partial charge in [-0.15, -0.1) is 0 Å². The third-order valence-electron chi connectivity index (χ3n) is 5.49. The SMILES string of the molecule is CC1(C)CCCCC1NCCCN1CCc2ccccc21. The van der Waals surface area contributed by atoms with Crippen LogP contribution in [0.15, 0.2) is 24.3 Å². The normalized spacial score (nSPS) is 24.1. The fraction of sp³-hybridized carbons (Fsp3) is 0.684. The lowest BCUT2D eigenvalue weighted by atomic mass is 9.73. The number of para-hydroxylation sites is 1. The van der Waals surface area contributed by atoms with Gasteiger partial charge in [0, 0.05) is 24.8 Å². The Kier molecular flexibility index (Phi) is 4.54. The number of benzene rings is 1. The Morgan fingerprint density at radius 3 is 2.95 bits per heavy atom. The highest BCUT2D eigenvalue weighted by molar-refractivity contribution is 5.57. The van der Waals surface area contributed by atoms with E-state index < -0.39 is 0 Å². The van der Waals surface area contributed by atoms with Gasteiger partial charge in [-0.1, -0.05) is 44.9 Å². The molecule has 1 aromatic rings. The van der Waals surface area contributed by atoms with Crippen LogP contribution in [0.3, 0.4) is 0 Å². The van der Waals surface area contributed by atoms with E-state index in [-0.39, 0.29) is 0 Å². The molecular weight excluding hydrogens is 256 g/mol. The topological polar surface area (TPSA) is 15.3 Å². The Balaban J connectivity index is 1.43. The third-order valence-corrected chi connectivity index (χ3v) is 5.49. The fourth-order valence-corrected chi connectivity index (χ4v) is 4.06. The van der Waals surface area contributed by atoms with E-state index in [4.69, 9.17) is 0 Å². The Morgan fingerprint density at radius 1 is 1.24 bits per heavy atom. The summed E-state index contributed by atoms with van der Waals surface area (Å²) in [5.74, 6) is 0. The largest absolute Gasteiger partial charge is 0.371 e. The van der Waals surface area contributed by atoms with Crippen molar-refractivity contribution in [1.29, 1.82) is 0 Å². The number of hydrogen-bond acceptors (Lipinski definition) is 2. The second kappa shape index (κ2) is 6.39. The molecule has 1 N–H and O–H groups in total. The summed E-state index contributed by atoms with van der Waals surface area (Å²) < 4.78 is 0. The molecule has 2 nitrogen and oxygen atoms in total. The van der Waals surface area contributed by atoms with Gasteiger partial charge in [0.2, 0.25) is 0 Å². The number of rotatable bonds is 5. The lowest BCUT2D eigenvalue weighted by Crippen LogP contribution is -2.44. The second-order valence-electron chi connectivity index (χ2n) is 7.46. The zero-order valence-electron chi connectivity index (χ0n) is 13.7. The molecule has 116 valence electrons. The quantitative estimate of drug-likeness (QED) is 0.823. The molecule has 3 rings (SSSR count). The molecule has 0 radical (unpaired) electrons. The molecule has 0 saturated heterocycles. The Morgan fingerprint density at radius 2 is 2.10 bits per heavy atom. The molecule has 21 heavy (non-hydrogen) atoms. The van der Waals surface area contributed by atoms with Gasteiger partial charge in [-0.25, -0.2) is 0 Å². The number of hydrogen-bond donors (Lipinski definition) is 1. The minimum Gasteiger partial charge on any atom is -0.371 e. The predicted octanol–water partition coefficient (Wildman–Crippen LogP) is 4.00. The Bertz CT molecular complexity index is 466. The van der Waals surface area contributed by atoms with Crippen molar-refractivity contribution in [3.05, 3.63) is 29.8 Å². The monoisotopic (exact) mass is 286 g/mol. The van der Waals surface area contributed by atoms with Gasteiger partial charge in [-0.05, 0) is 49.3 Å². The van der Waals surface area contributed by atoms with Gasteiger partial charge >= 0.3 is 0 Å². The van der Waals surface area contributed by atoms with Gasteiger partial charge in [-0.2, -0.15) is 0 Å². The van der Waals surface area contributed by atoms with E-state index in [1.807, 2.05) is 0 Å². The summed E-state index contributed by atoms with van der Waals surface area (Å²) in [6.45, 7) is 8.42. The van der Waals surface area contributed by atoms with Crippen molar-refractivity contribution in [2.24, 2.45) is 5.41 Å². The van der Waals surface area contributed by atoms with Crippen molar-refractivity contribution in [2.45, 2.75) is 58.4 Å². The zero-order valence-corrected chi connectivity index (χ0v) is 13.7. The van der Waals surface area contributed by atoms with E-state index in [1.54, 1.807) is 0 Å². The van der Waals surface area contributed by atoms with Gasteiger partial charge in [0.05, 0.1) is 0 Å². The first-order valence-electron chi connectivity index (χ1n) is 8.73. The molecule has 1 fully saturated rings. The summed E-state index contributed by atoms with van der Waals surface area (Å²) in [6.07, 6.45) is 8.03. The summed E-state index contributed by atoms with van der Waals surface area (Å²) in [6, 6.07) is 9.60. The molecule has 1 atom stereocenters. The van der Waals surface area contributed by atoms with Gasteiger partial charge in [0.25, 0.3) is 0 Å². The van der Waals surface area contributed by atoms with E-state index in [1.165, 1.54) is 62.9 Å². The summed E-state index contributed by atoms with van der Waals surface area (Å²) >= 11 is 0. The van der Waals surface area contributed by atoms with E-state index in [2.05, 4.69) is 48.3 Å². The third kappa shape index (κ3) is 3.42. The average Bonchev–Trinajstić information content (AvgIpc) is 2.88. The Labute approximate surface area is 129 Å². The summed E-state index contributed by atoms with van der Waals surface area (Å²) in [7, 11) is 0. The lowest BCUT2D eigenvalue weighted by molar-refractivity contribution is 0.168. The van der Waals surface area contributed by atoms with Crippen LogP contribution in [0.2, 0.25) is 0 Å². The lowest BCUT2D eigenvalue weighted by Gasteiger charge is -2.39. The van der Waals surface area contributed by atoms with E-state index in [0.29, 0.717) is 5.41 Å². The van der Waals surface area contributed by atoms with Crippen LogP contribution in [0.25, 0.3) is 0 Å². The molecule has 2 aliphatic rings. The molecule has 1 heterocycles. The zero-order chi connectivity index (χ0) is 14.7. The molecule has 0 amide bonds. The molecule has 1 aliphatic heterocycles. The maximum Gasteiger partial charge on any atom is 0.0399 e. The van der Waals surface area contributed by atoms with Crippen molar-refractivity contribution in [3.63, 3.8) is 0 Å². The molecule has 1 unspecified atom stereocenters. The van der Waals surface area contributed by atoms with E-state index in [0.717, 1.165) is 12.6 Å². The van der Waals surface area contributed by atoms with Crippen LogP contribution in [0.4, 0.5) is 5.69 Å². The van der Waals surface area contributed by atoms with Gasteiger partial charge in [0.1, 0.15) is 0 Å². The molecule has 1 saturated carbocycles. The van der Waals surface area contributed by atoms with Crippen molar-refractivity contribution in [3.8, 4) is 0 Å². The van der Waals surface area contributed by atoms with Crippen LogP contribution in [0.5, 0.6) is 0 Å². The molecule has 0 spiro atoms. The van der Waals surface area contributed by atoms with Crippen molar-refractivity contribution >= 4 is 5.69 Å². The van der Waals surface area contributed by atoms with Crippen LogP contribution in [0.1, 0.15) is 51.5 Å². The van der Waals surface area contributed by atoms with Crippen LogP contribution < -0.4 is 10.2 Å². The minimum absolute atomic E-state index is 0.485. The molecule has 0 aromatic heterocycles. The summed E-state index contributed by atoms with van der Waals surface area (Å²) in [5.41, 5.74) is 3.48. The van der Waals surface area contributed by atoms with Crippen LogP contribution in [-0.4, -0.2) is 25.7 Å². The standard InChI is InChI=1S/C19H30N2/c1-19(2)12-6-5-10-18(19)20-13-7-14-21-15-11-16-8-3-4-9-17(16)21/h3-4,8-9,18,20H,5-7,10-15H2,1-2H3. The minimum atomic E-state index is 0.485. The highest BCUT2D eigenvalue weighted by Crippen LogP contribution is 2.35. The molecule has 2 heteroatoms. The van der Waals surface area contributed by atoms with E-state index >= 15 is 0 Å². The first-order chi connectivity index (χ1) is 10.2. The molecular formula is C19H30N2. The average molecular weight is 286 g/mol. The van der Waals surface area contributed by atoms with Crippen molar-refractivity contribution < 1.29 is 0 Å². The number of fused-ring (bicyclic) bond motifs is 1. The highest BCUT2D eigenvalue weighted by Gasteiger charge is 2.31. The van der Waals surface area contributed by atoms with Gasteiger partial charge in [-0.3, -0.25) is 0 Å². The van der Waals surface area contributed by atoms with Gasteiger partial charge in [0.15, 0.2) is 0 Å². The number of nitrogens with one attached hydrogen (secondary N) is 1. The molecule has 1 aromatic carbocycles. The molecule has 1 aliphatic carbocycles. The van der Waals surface area contributed by atoms with Crippen LogP contribution in [-0.2, 0) is 6.42 Å². The summed E-state index contributed by atoms with van der Waals surface area (Å²) in [5, 5.41) is 3.83. The Hall–Kier alpha value is -1.02. The maximum atomic E-state index is 3.83. The van der Waals surface area contributed by atoms with Crippen LogP contribution in [0, 0.1) is 5.41 Å². The highest BCUT2D eigenvalue weighted by atomic mass is 15.1.